The number of fused-ring (bicyclic) bond motifs is 1. The third-order valence-corrected chi connectivity index (χ3v) is 3.78. The van der Waals surface area contributed by atoms with Crippen LogP contribution in [0.3, 0.4) is 0 Å². The van der Waals surface area contributed by atoms with Gasteiger partial charge in [0.1, 0.15) is 12.1 Å². The van der Waals surface area contributed by atoms with Crippen LogP contribution in [0.1, 0.15) is 5.56 Å². The molecule has 0 spiro atoms. The topological polar surface area (TPSA) is 68.5 Å². The Balaban J connectivity index is 1.57. The number of hydrogen-bond acceptors (Lipinski definition) is 5. The van der Waals surface area contributed by atoms with Gasteiger partial charge in [0, 0.05) is 12.7 Å². The Morgan fingerprint density at radius 1 is 0.917 bits per heavy atom. The van der Waals surface area contributed by atoms with Crippen LogP contribution in [0.15, 0.2) is 67.3 Å². The SMILES string of the molecule is c1ccc(CCNc2ncnc3c2cnn3-c2ccccn2)cc1. The molecule has 0 aliphatic heterocycles. The second-order valence-corrected chi connectivity index (χ2v) is 5.37. The fourth-order valence-corrected chi connectivity index (χ4v) is 2.60. The summed E-state index contributed by atoms with van der Waals surface area (Å²) in [6, 6.07) is 16.1. The predicted octanol–water partition coefficient (Wildman–Crippen LogP) is 2.87. The highest BCUT2D eigenvalue weighted by atomic mass is 15.3. The van der Waals surface area contributed by atoms with Crippen molar-refractivity contribution in [3.05, 3.63) is 72.8 Å². The summed E-state index contributed by atoms with van der Waals surface area (Å²) in [4.78, 5) is 13.0. The lowest BCUT2D eigenvalue weighted by Gasteiger charge is -2.07. The molecule has 4 rings (SSSR count). The first-order chi connectivity index (χ1) is 11.9. The van der Waals surface area contributed by atoms with Gasteiger partial charge in [-0.15, -0.1) is 0 Å². The molecule has 24 heavy (non-hydrogen) atoms. The minimum Gasteiger partial charge on any atom is -0.369 e. The number of benzene rings is 1. The van der Waals surface area contributed by atoms with Gasteiger partial charge in [0.2, 0.25) is 0 Å². The van der Waals surface area contributed by atoms with Crippen molar-refractivity contribution in [3.63, 3.8) is 0 Å². The third-order valence-electron chi connectivity index (χ3n) is 3.78. The standard InChI is InChI=1S/C18H16N6/c1-2-6-14(7-3-1)9-11-20-17-15-12-23-24(18(15)22-13-21-17)16-8-4-5-10-19-16/h1-8,10,12-13H,9,11H2,(H,20,21,22). The second-order valence-electron chi connectivity index (χ2n) is 5.37. The van der Waals surface area contributed by atoms with Gasteiger partial charge in [-0.1, -0.05) is 36.4 Å². The Morgan fingerprint density at radius 2 is 1.79 bits per heavy atom. The van der Waals surface area contributed by atoms with Crippen molar-refractivity contribution in [2.45, 2.75) is 6.42 Å². The quantitative estimate of drug-likeness (QED) is 0.613. The molecule has 118 valence electrons. The molecule has 0 saturated heterocycles. The maximum Gasteiger partial charge on any atom is 0.170 e. The molecule has 0 aliphatic rings. The van der Waals surface area contributed by atoms with Crippen molar-refractivity contribution in [3.8, 4) is 5.82 Å². The Labute approximate surface area is 139 Å². The minimum atomic E-state index is 0.737. The van der Waals surface area contributed by atoms with E-state index in [0.717, 1.165) is 35.6 Å². The molecule has 3 heterocycles. The molecule has 0 atom stereocenters. The average Bonchev–Trinajstić information content (AvgIpc) is 3.08. The third kappa shape index (κ3) is 2.81. The first-order valence-corrected chi connectivity index (χ1v) is 7.80. The Hall–Kier alpha value is -3.28. The van der Waals surface area contributed by atoms with Crippen LogP contribution in [0.25, 0.3) is 16.9 Å². The number of aromatic nitrogens is 5. The lowest BCUT2D eigenvalue weighted by molar-refractivity contribution is 0.861. The van der Waals surface area contributed by atoms with Crippen molar-refractivity contribution in [2.24, 2.45) is 0 Å². The van der Waals surface area contributed by atoms with E-state index in [2.05, 4.69) is 49.6 Å². The Morgan fingerprint density at radius 3 is 2.62 bits per heavy atom. The smallest absolute Gasteiger partial charge is 0.170 e. The van der Waals surface area contributed by atoms with Gasteiger partial charge in [0.15, 0.2) is 11.5 Å². The highest BCUT2D eigenvalue weighted by Crippen LogP contribution is 2.20. The summed E-state index contributed by atoms with van der Waals surface area (Å²) in [6.45, 7) is 0.797. The zero-order valence-corrected chi connectivity index (χ0v) is 13.0. The molecule has 0 bridgehead atoms. The summed E-state index contributed by atoms with van der Waals surface area (Å²) in [5.74, 6) is 1.53. The van der Waals surface area contributed by atoms with Crippen molar-refractivity contribution in [2.75, 3.05) is 11.9 Å². The van der Waals surface area contributed by atoms with Crippen molar-refractivity contribution >= 4 is 16.9 Å². The maximum absolute atomic E-state index is 4.40. The van der Waals surface area contributed by atoms with E-state index in [0.29, 0.717) is 0 Å². The Bertz CT molecular complexity index is 934. The summed E-state index contributed by atoms with van der Waals surface area (Å²) in [7, 11) is 0. The zero-order chi connectivity index (χ0) is 16.2. The molecule has 0 saturated carbocycles. The molecule has 4 aromatic rings. The predicted molar refractivity (Wildman–Crippen MR) is 93.1 cm³/mol. The molecule has 3 aromatic heterocycles. The van der Waals surface area contributed by atoms with Crippen LogP contribution in [0, 0.1) is 0 Å². The van der Waals surface area contributed by atoms with Gasteiger partial charge >= 0.3 is 0 Å². The van der Waals surface area contributed by atoms with E-state index in [4.69, 9.17) is 0 Å². The second kappa shape index (κ2) is 6.45. The fourth-order valence-electron chi connectivity index (χ4n) is 2.60. The van der Waals surface area contributed by atoms with Gasteiger partial charge in [0.25, 0.3) is 0 Å². The normalized spacial score (nSPS) is 10.8. The van der Waals surface area contributed by atoms with E-state index >= 15 is 0 Å². The molecular weight excluding hydrogens is 300 g/mol. The zero-order valence-electron chi connectivity index (χ0n) is 13.0. The molecule has 6 nitrogen and oxygen atoms in total. The van der Waals surface area contributed by atoms with Crippen LogP contribution < -0.4 is 5.32 Å². The van der Waals surface area contributed by atoms with E-state index < -0.39 is 0 Å². The minimum absolute atomic E-state index is 0.737. The summed E-state index contributed by atoms with van der Waals surface area (Å²) in [5, 5.41) is 8.67. The number of anilines is 1. The van der Waals surface area contributed by atoms with Crippen LogP contribution in [0.2, 0.25) is 0 Å². The molecule has 6 heteroatoms. The van der Waals surface area contributed by atoms with Gasteiger partial charge < -0.3 is 5.32 Å². The van der Waals surface area contributed by atoms with E-state index in [1.165, 1.54) is 5.56 Å². The van der Waals surface area contributed by atoms with Crippen LogP contribution in [-0.2, 0) is 6.42 Å². The molecule has 0 fully saturated rings. The van der Waals surface area contributed by atoms with Gasteiger partial charge in [0.05, 0.1) is 11.6 Å². The summed E-state index contributed by atoms with van der Waals surface area (Å²) in [6.07, 6.45) is 5.99. The van der Waals surface area contributed by atoms with Gasteiger partial charge in [-0.25, -0.2) is 15.0 Å². The van der Waals surface area contributed by atoms with Crippen molar-refractivity contribution < 1.29 is 0 Å². The molecule has 1 N–H and O–H groups in total. The molecule has 0 unspecified atom stereocenters. The number of rotatable bonds is 5. The number of nitrogens with one attached hydrogen (secondary N) is 1. The van der Waals surface area contributed by atoms with Gasteiger partial charge in [-0.3, -0.25) is 0 Å². The highest BCUT2D eigenvalue weighted by molar-refractivity contribution is 5.86. The summed E-state index contributed by atoms with van der Waals surface area (Å²) < 4.78 is 1.72. The average molecular weight is 316 g/mol. The molecule has 0 radical (unpaired) electrons. The van der Waals surface area contributed by atoms with E-state index in [9.17, 15) is 0 Å². The van der Waals surface area contributed by atoms with Crippen molar-refractivity contribution in [1.82, 2.24) is 24.7 Å². The summed E-state index contributed by atoms with van der Waals surface area (Å²) >= 11 is 0. The number of nitrogens with zero attached hydrogens (tertiary/aromatic N) is 5. The van der Waals surface area contributed by atoms with Gasteiger partial charge in [-0.05, 0) is 24.1 Å². The lowest BCUT2D eigenvalue weighted by atomic mass is 10.1. The van der Waals surface area contributed by atoms with Crippen LogP contribution in [-0.4, -0.2) is 31.3 Å². The maximum atomic E-state index is 4.40. The van der Waals surface area contributed by atoms with Gasteiger partial charge in [-0.2, -0.15) is 9.78 Å². The molecule has 1 aromatic carbocycles. The van der Waals surface area contributed by atoms with Crippen LogP contribution >= 0.6 is 0 Å². The van der Waals surface area contributed by atoms with E-state index in [1.807, 2.05) is 24.3 Å². The van der Waals surface area contributed by atoms with Crippen LogP contribution in [0.4, 0.5) is 5.82 Å². The fraction of sp³-hybridized carbons (Fsp3) is 0.111. The molecule has 0 amide bonds. The van der Waals surface area contributed by atoms with Crippen LogP contribution in [0.5, 0.6) is 0 Å². The Kier molecular flexibility index (Phi) is 3.85. The number of pyridine rings is 1. The highest BCUT2D eigenvalue weighted by Gasteiger charge is 2.11. The van der Waals surface area contributed by atoms with Crippen molar-refractivity contribution in [1.29, 1.82) is 0 Å². The summed E-state index contributed by atoms with van der Waals surface area (Å²) in [5.41, 5.74) is 2.03. The number of hydrogen-bond donors (Lipinski definition) is 1. The molecular formula is C18H16N6. The largest absolute Gasteiger partial charge is 0.369 e. The van der Waals surface area contributed by atoms with E-state index in [1.54, 1.807) is 23.4 Å². The lowest BCUT2D eigenvalue weighted by Crippen LogP contribution is -2.07. The first-order valence-electron chi connectivity index (χ1n) is 7.80. The van der Waals surface area contributed by atoms with E-state index in [-0.39, 0.29) is 0 Å². The molecule has 0 aliphatic carbocycles. The monoisotopic (exact) mass is 316 g/mol. The first kappa shape index (κ1) is 14.3.